The van der Waals surface area contributed by atoms with Crippen molar-refractivity contribution in [2.45, 2.75) is 52.2 Å². The molecule has 0 saturated heterocycles. The average Bonchev–Trinajstić information content (AvgIpc) is 3.57. The van der Waals surface area contributed by atoms with Gasteiger partial charge in [0.05, 0.1) is 12.1 Å². The third-order valence-corrected chi connectivity index (χ3v) is 6.28. The number of anilines is 1. The van der Waals surface area contributed by atoms with Gasteiger partial charge >= 0.3 is 6.36 Å². The summed E-state index contributed by atoms with van der Waals surface area (Å²) in [6.07, 6.45) is 1.50. The number of alkyl halides is 3. The smallest absolute Gasteiger partial charge is 0.406 e. The monoisotopic (exact) mass is 590 g/mol. The van der Waals surface area contributed by atoms with Crippen LogP contribution in [0.1, 0.15) is 29.0 Å². The Bertz CT molecular complexity index is 1450. The van der Waals surface area contributed by atoms with Crippen molar-refractivity contribution >= 4 is 29.3 Å². The van der Waals surface area contributed by atoms with Crippen molar-refractivity contribution in [1.29, 1.82) is 0 Å². The number of rotatable bonds is 12. The molecule has 3 heterocycles. The molecule has 4 rings (SSSR count). The first-order valence-electron chi connectivity index (χ1n) is 12.5. The Labute approximate surface area is 237 Å². The molecule has 0 aliphatic rings. The van der Waals surface area contributed by atoms with Gasteiger partial charge in [-0.05, 0) is 55.0 Å². The van der Waals surface area contributed by atoms with E-state index >= 15 is 0 Å². The van der Waals surface area contributed by atoms with Crippen LogP contribution in [0.15, 0.2) is 71.1 Å². The quantitative estimate of drug-likeness (QED) is 0.188. The number of aromatic nitrogens is 4. The molecule has 0 aliphatic carbocycles. The van der Waals surface area contributed by atoms with Crippen molar-refractivity contribution in [1.82, 2.24) is 24.9 Å². The number of unbranched alkanes of at least 4 members (excludes halogenated alkanes) is 1. The first-order chi connectivity index (χ1) is 19.6. The molecule has 0 atom stereocenters. The maximum Gasteiger partial charge on any atom is 0.573 e. The van der Waals surface area contributed by atoms with E-state index in [2.05, 4.69) is 25.7 Å². The fourth-order valence-electron chi connectivity index (χ4n) is 3.62. The molecule has 0 radical (unpaired) electrons. The minimum absolute atomic E-state index is 0.115. The molecule has 10 nitrogen and oxygen atoms in total. The van der Waals surface area contributed by atoms with Crippen molar-refractivity contribution in [2.75, 3.05) is 5.32 Å². The summed E-state index contributed by atoms with van der Waals surface area (Å²) in [5.41, 5.74) is 1.85. The van der Waals surface area contributed by atoms with Gasteiger partial charge in [-0.25, -0.2) is 0 Å². The molecule has 41 heavy (non-hydrogen) atoms. The predicted molar refractivity (Wildman–Crippen MR) is 147 cm³/mol. The number of hydrogen-bond acceptors (Lipinski definition) is 7. The highest BCUT2D eigenvalue weighted by molar-refractivity contribution is 7.10. The largest absolute Gasteiger partial charge is 0.573 e. The number of carbonyl (C=O) groups is 2. The zero-order chi connectivity index (χ0) is 29.7. The van der Waals surface area contributed by atoms with E-state index < -0.39 is 6.36 Å². The lowest BCUT2D eigenvalue weighted by molar-refractivity contribution is -0.274. The minimum Gasteiger partial charge on any atom is -0.406 e. The summed E-state index contributed by atoms with van der Waals surface area (Å²) < 4.78 is 42.7. The fourth-order valence-corrected chi connectivity index (χ4v) is 4.32. The standard InChI is InChI=1S/C18H21N5O2S.C9H8F3NO2/c1-14-13-23(21-20-14)8-3-2-7-22-9-6-15(11-18(22)25)19-17(24)12-16-5-4-10-26-16;10-9(11,12)15-8-3-1-2-7(4-8)5-13-6-14/h4-6,9-11,13H,2-3,7-8,12H2,1H3,(H,19,24);1-4,6H,5H2,(H,13,14). The molecule has 4 aromatic rings. The lowest BCUT2D eigenvalue weighted by Gasteiger charge is -2.09. The van der Waals surface area contributed by atoms with Crippen molar-refractivity contribution in [3.63, 3.8) is 0 Å². The summed E-state index contributed by atoms with van der Waals surface area (Å²) in [7, 11) is 0. The highest BCUT2D eigenvalue weighted by Gasteiger charge is 2.31. The minimum atomic E-state index is -4.70. The molecule has 0 aliphatic heterocycles. The zero-order valence-electron chi connectivity index (χ0n) is 22.1. The van der Waals surface area contributed by atoms with Crippen LogP contribution in [0.2, 0.25) is 0 Å². The topological polar surface area (TPSA) is 120 Å². The molecule has 0 spiro atoms. The normalized spacial score (nSPS) is 10.8. The Morgan fingerprint density at radius 2 is 1.93 bits per heavy atom. The number of benzene rings is 1. The van der Waals surface area contributed by atoms with Gasteiger partial charge in [0.25, 0.3) is 5.56 Å². The van der Waals surface area contributed by atoms with E-state index in [1.54, 1.807) is 34.2 Å². The van der Waals surface area contributed by atoms with Crippen LogP contribution in [0, 0.1) is 6.92 Å². The van der Waals surface area contributed by atoms with Gasteiger partial charge in [0.1, 0.15) is 5.75 Å². The predicted octanol–water partition coefficient (Wildman–Crippen LogP) is 4.30. The number of halogens is 3. The molecule has 2 N–H and O–H groups in total. The summed E-state index contributed by atoms with van der Waals surface area (Å²) in [4.78, 5) is 35.2. The highest BCUT2D eigenvalue weighted by atomic mass is 32.1. The first-order valence-corrected chi connectivity index (χ1v) is 13.4. The van der Waals surface area contributed by atoms with Gasteiger partial charge < -0.3 is 19.9 Å². The number of nitrogens with one attached hydrogen (secondary N) is 2. The van der Waals surface area contributed by atoms with E-state index in [4.69, 9.17) is 0 Å². The van der Waals surface area contributed by atoms with E-state index in [-0.39, 0.29) is 23.8 Å². The van der Waals surface area contributed by atoms with Crippen LogP contribution in [0.25, 0.3) is 0 Å². The maximum atomic E-state index is 12.2. The Balaban J connectivity index is 0.000000263. The molecule has 0 unspecified atom stereocenters. The van der Waals surface area contributed by atoms with E-state index in [0.717, 1.165) is 30.0 Å². The Kier molecular flexibility index (Phi) is 11.6. The number of thiophene rings is 1. The number of aryl methyl sites for hydroxylation is 3. The fraction of sp³-hybridized carbons (Fsp3) is 0.296. The molecular weight excluding hydrogens is 561 g/mol. The average molecular weight is 591 g/mol. The molecule has 1 aromatic carbocycles. The molecular formula is C27H29F3N6O4S. The number of carbonyl (C=O) groups excluding carboxylic acids is 2. The van der Waals surface area contributed by atoms with E-state index in [1.165, 1.54) is 24.3 Å². The summed E-state index contributed by atoms with van der Waals surface area (Å²) in [5.74, 6) is -0.416. The van der Waals surface area contributed by atoms with Gasteiger partial charge in [-0.3, -0.25) is 19.1 Å². The molecule has 2 amide bonds. The SMILES string of the molecule is Cc1cn(CCCCn2ccc(NC(=O)Cc3cccs3)cc2=O)nn1.O=CNCc1cccc(OC(F)(F)F)c1. The Morgan fingerprint density at radius 1 is 1.12 bits per heavy atom. The lowest BCUT2D eigenvalue weighted by atomic mass is 10.2. The third-order valence-electron chi connectivity index (χ3n) is 5.41. The van der Waals surface area contributed by atoms with Gasteiger partial charge in [0, 0.05) is 48.7 Å². The Hall–Kier alpha value is -4.46. The van der Waals surface area contributed by atoms with Crippen molar-refractivity contribution in [3.8, 4) is 5.75 Å². The third kappa shape index (κ3) is 11.7. The van der Waals surface area contributed by atoms with Crippen molar-refractivity contribution < 1.29 is 27.5 Å². The van der Waals surface area contributed by atoms with E-state index in [9.17, 15) is 27.6 Å². The van der Waals surface area contributed by atoms with Gasteiger partial charge in [-0.1, -0.05) is 23.4 Å². The summed E-state index contributed by atoms with van der Waals surface area (Å²) in [6.45, 7) is 3.49. The number of amides is 2. The second-order valence-electron chi connectivity index (χ2n) is 8.78. The van der Waals surface area contributed by atoms with Gasteiger partial charge in [0.2, 0.25) is 12.3 Å². The second kappa shape index (κ2) is 15.4. The summed E-state index contributed by atoms with van der Waals surface area (Å²) in [5, 5.41) is 15.0. The Morgan fingerprint density at radius 3 is 2.59 bits per heavy atom. The van der Waals surface area contributed by atoms with Gasteiger partial charge in [0.15, 0.2) is 0 Å². The number of nitrogens with zero attached hydrogens (tertiary/aromatic N) is 4. The van der Waals surface area contributed by atoms with Crippen molar-refractivity contribution in [2.24, 2.45) is 0 Å². The molecule has 0 fully saturated rings. The van der Waals surface area contributed by atoms with Crippen LogP contribution in [-0.2, 0) is 35.6 Å². The summed E-state index contributed by atoms with van der Waals surface area (Å²) in [6, 6.07) is 12.5. The molecule has 0 saturated carbocycles. The highest BCUT2D eigenvalue weighted by Crippen LogP contribution is 2.23. The number of pyridine rings is 1. The molecule has 3 aromatic heterocycles. The zero-order valence-corrected chi connectivity index (χ0v) is 23.0. The molecule has 0 bridgehead atoms. The second-order valence-corrected chi connectivity index (χ2v) is 9.81. The van der Waals surface area contributed by atoms with Crippen LogP contribution in [0.5, 0.6) is 5.75 Å². The van der Waals surface area contributed by atoms with Crippen molar-refractivity contribution in [3.05, 3.63) is 92.8 Å². The van der Waals surface area contributed by atoms with E-state index in [0.29, 0.717) is 30.6 Å². The van der Waals surface area contributed by atoms with Crippen LogP contribution in [-0.4, -0.2) is 38.2 Å². The number of ether oxygens (including phenoxy) is 1. The summed E-state index contributed by atoms with van der Waals surface area (Å²) >= 11 is 1.54. The van der Waals surface area contributed by atoms with Gasteiger partial charge in [-0.2, -0.15) is 0 Å². The number of hydrogen-bond donors (Lipinski definition) is 2. The molecule has 218 valence electrons. The van der Waals surface area contributed by atoms with Gasteiger partial charge in [-0.15, -0.1) is 29.6 Å². The van der Waals surface area contributed by atoms with Crippen LogP contribution in [0.4, 0.5) is 18.9 Å². The van der Waals surface area contributed by atoms with Crippen LogP contribution < -0.4 is 20.9 Å². The van der Waals surface area contributed by atoms with Crippen LogP contribution in [0.3, 0.4) is 0 Å². The maximum absolute atomic E-state index is 12.2. The molecule has 14 heteroatoms. The van der Waals surface area contributed by atoms with Crippen LogP contribution >= 0.6 is 11.3 Å². The lowest BCUT2D eigenvalue weighted by Crippen LogP contribution is -2.21. The first kappa shape index (κ1) is 31.1. The van der Waals surface area contributed by atoms with E-state index in [1.807, 2.05) is 35.3 Å².